The number of nitrogens with zero attached hydrogens (tertiary/aromatic N) is 1. The Morgan fingerprint density at radius 2 is 1.92 bits per heavy atom. The molecule has 0 amide bonds. The number of hydrogen-bond donors (Lipinski definition) is 0. The van der Waals surface area contributed by atoms with Gasteiger partial charge in [-0.25, -0.2) is 0 Å². The molecule has 0 bridgehead atoms. The Morgan fingerprint density at radius 1 is 1.08 bits per heavy atom. The molecule has 0 aliphatic carbocycles. The zero-order valence-electron chi connectivity index (χ0n) is 14.6. The van der Waals surface area contributed by atoms with E-state index in [1.54, 1.807) is 7.11 Å². The van der Waals surface area contributed by atoms with Gasteiger partial charge >= 0.3 is 0 Å². The predicted octanol–water partition coefficient (Wildman–Crippen LogP) is 3.97. The molecule has 2 aromatic carbocycles. The first-order valence-corrected chi connectivity index (χ1v) is 9.62. The zero-order valence-corrected chi connectivity index (χ0v) is 15.4. The zero-order chi connectivity index (χ0) is 17.8. The van der Waals surface area contributed by atoms with Gasteiger partial charge in [0.15, 0.2) is 11.5 Å². The predicted molar refractivity (Wildman–Crippen MR) is 101 cm³/mol. The lowest BCUT2D eigenvalue weighted by atomic mass is 9.90. The summed E-state index contributed by atoms with van der Waals surface area (Å²) in [7, 11) is 1.56. The van der Waals surface area contributed by atoms with Crippen molar-refractivity contribution in [3.05, 3.63) is 54.1 Å². The Labute approximate surface area is 157 Å². The van der Waals surface area contributed by atoms with E-state index in [4.69, 9.17) is 19.0 Å². The van der Waals surface area contributed by atoms with Crippen molar-refractivity contribution in [2.75, 3.05) is 26.3 Å². The molecule has 0 radical (unpaired) electrons. The molecule has 6 heteroatoms. The molecule has 2 aromatic rings. The molecule has 2 heterocycles. The van der Waals surface area contributed by atoms with E-state index in [0.717, 1.165) is 23.7 Å². The van der Waals surface area contributed by atoms with Crippen LogP contribution in [0.25, 0.3) is 0 Å². The average Bonchev–Trinajstić information content (AvgIpc) is 3.28. The lowest BCUT2D eigenvalue weighted by Gasteiger charge is -2.16. The third-order valence-corrected chi connectivity index (χ3v) is 5.81. The molecule has 1 saturated heterocycles. The maximum absolute atomic E-state index is 5.83. The van der Waals surface area contributed by atoms with Crippen LogP contribution >= 0.6 is 11.8 Å². The summed E-state index contributed by atoms with van der Waals surface area (Å²) < 4.78 is 16.7. The summed E-state index contributed by atoms with van der Waals surface area (Å²) >= 11 is 1.85. The number of rotatable bonds is 6. The molecule has 2 aliphatic rings. The fourth-order valence-electron chi connectivity index (χ4n) is 3.26. The van der Waals surface area contributed by atoms with Crippen LogP contribution in [0.2, 0.25) is 0 Å². The van der Waals surface area contributed by atoms with Crippen LogP contribution in [-0.4, -0.2) is 32.2 Å². The lowest BCUT2D eigenvalue weighted by molar-refractivity contribution is 0.174. The van der Waals surface area contributed by atoms with Crippen molar-refractivity contribution in [3.8, 4) is 11.5 Å². The molecule has 0 N–H and O–H groups in total. The molecule has 0 saturated carbocycles. The van der Waals surface area contributed by atoms with Crippen molar-refractivity contribution >= 4 is 17.7 Å². The number of oxime groups is 1. The van der Waals surface area contributed by atoms with Crippen LogP contribution in [0, 0.1) is 11.8 Å². The second-order valence-corrected chi connectivity index (χ2v) is 7.40. The molecule has 4 rings (SSSR count). The normalized spacial score (nSPS) is 22.4. The minimum atomic E-state index is 0.187. The summed E-state index contributed by atoms with van der Waals surface area (Å²) in [5.74, 6) is 3.83. The number of fused-ring (bicyclic) bond motifs is 1. The van der Waals surface area contributed by atoms with Gasteiger partial charge in [0.05, 0.1) is 6.61 Å². The van der Waals surface area contributed by atoms with E-state index in [1.807, 2.05) is 30.0 Å². The third-order valence-electron chi connectivity index (χ3n) is 4.61. The fraction of sp³-hybridized carbons (Fsp3) is 0.350. The summed E-state index contributed by atoms with van der Waals surface area (Å²) in [6.07, 6.45) is 0.832. The molecule has 0 spiro atoms. The summed E-state index contributed by atoms with van der Waals surface area (Å²) in [6.45, 7) is 0.954. The Bertz CT molecular complexity index is 781. The third kappa shape index (κ3) is 3.75. The topological polar surface area (TPSA) is 49.3 Å². The van der Waals surface area contributed by atoms with Gasteiger partial charge in [0.1, 0.15) is 7.11 Å². The highest BCUT2D eigenvalue weighted by Gasteiger charge is 2.36. The standard InChI is InChI=1S/C20H21NO4S/c1-22-21-20-17(9-14-7-8-18-19(10-14)25-13-24-18)15(11-23-20)12-26-16-5-3-2-4-6-16/h2-8,10,15,17H,9,11-13H2,1H3/b21-20-/t15-,17-/m1/s1. The number of hydrogen-bond acceptors (Lipinski definition) is 6. The van der Waals surface area contributed by atoms with Gasteiger partial charge in [0, 0.05) is 22.5 Å². The average molecular weight is 371 g/mol. The van der Waals surface area contributed by atoms with Crippen LogP contribution in [0.4, 0.5) is 0 Å². The van der Waals surface area contributed by atoms with Gasteiger partial charge in [-0.15, -0.1) is 11.8 Å². The maximum Gasteiger partial charge on any atom is 0.231 e. The first-order valence-electron chi connectivity index (χ1n) is 8.63. The fourth-order valence-corrected chi connectivity index (χ4v) is 4.35. The van der Waals surface area contributed by atoms with Gasteiger partial charge < -0.3 is 19.0 Å². The smallest absolute Gasteiger partial charge is 0.231 e. The molecule has 0 unspecified atom stereocenters. The molecular formula is C20H21NO4S. The van der Waals surface area contributed by atoms with Crippen molar-refractivity contribution < 1.29 is 19.0 Å². The highest BCUT2D eigenvalue weighted by molar-refractivity contribution is 7.99. The Morgan fingerprint density at radius 3 is 2.77 bits per heavy atom. The number of ether oxygens (including phenoxy) is 3. The molecule has 2 aliphatic heterocycles. The molecule has 1 fully saturated rings. The molecular weight excluding hydrogens is 350 g/mol. The van der Waals surface area contributed by atoms with Crippen LogP contribution in [0.5, 0.6) is 11.5 Å². The van der Waals surface area contributed by atoms with E-state index in [0.29, 0.717) is 18.4 Å². The van der Waals surface area contributed by atoms with Crippen LogP contribution in [0.3, 0.4) is 0 Å². The van der Waals surface area contributed by atoms with E-state index in [2.05, 4.69) is 35.5 Å². The van der Waals surface area contributed by atoms with Crippen LogP contribution in [0.15, 0.2) is 58.6 Å². The first-order chi connectivity index (χ1) is 12.8. The second kappa shape index (κ2) is 7.91. The minimum Gasteiger partial charge on any atom is -0.478 e. The van der Waals surface area contributed by atoms with Gasteiger partial charge in [-0.3, -0.25) is 0 Å². The van der Waals surface area contributed by atoms with Gasteiger partial charge in [0.25, 0.3) is 0 Å². The van der Waals surface area contributed by atoms with Crippen molar-refractivity contribution in [2.45, 2.75) is 11.3 Å². The highest BCUT2D eigenvalue weighted by Crippen LogP contribution is 2.36. The molecule has 26 heavy (non-hydrogen) atoms. The van der Waals surface area contributed by atoms with Gasteiger partial charge in [-0.1, -0.05) is 29.4 Å². The molecule has 2 atom stereocenters. The Balaban J connectivity index is 1.48. The Kier molecular flexibility index (Phi) is 5.20. The SMILES string of the molecule is CO/N=C1\OC[C@H](CSc2ccccc2)[C@H]1Cc1ccc2c(c1)OCO2. The van der Waals surface area contributed by atoms with E-state index < -0.39 is 0 Å². The summed E-state index contributed by atoms with van der Waals surface area (Å²) in [5.41, 5.74) is 1.18. The first kappa shape index (κ1) is 17.1. The van der Waals surface area contributed by atoms with Gasteiger partial charge in [-0.2, -0.15) is 0 Å². The van der Waals surface area contributed by atoms with Crippen LogP contribution < -0.4 is 9.47 Å². The van der Waals surface area contributed by atoms with E-state index in [1.165, 1.54) is 10.5 Å². The van der Waals surface area contributed by atoms with E-state index in [9.17, 15) is 0 Å². The van der Waals surface area contributed by atoms with Crippen molar-refractivity contribution in [2.24, 2.45) is 17.0 Å². The number of thioether (sulfide) groups is 1. The maximum atomic E-state index is 5.83. The monoisotopic (exact) mass is 371 g/mol. The van der Waals surface area contributed by atoms with E-state index in [-0.39, 0.29) is 12.7 Å². The summed E-state index contributed by atoms with van der Waals surface area (Å²) in [4.78, 5) is 6.26. The summed E-state index contributed by atoms with van der Waals surface area (Å²) in [6, 6.07) is 16.5. The highest BCUT2D eigenvalue weighted by atomic mass is 32.2. The van der Waals surface area contributed by atoms with E-state index >= 15 is 0 Å². The Hall–Kier alpha value is -2.34. The van der Waals surface area contributed by atoms with Crippen LogP contribution in [-0.2, 0) is 16.0 Å². The molecule has 0 aromatic heterocycles. The second-order valence-electron chi connectivity index (χ2n) is 6.31. The van der Waals surface area contributed by atoms with Gasteiger partial charge in [0.2, 0.25) is 12.7 Å². The van der Waals surface area contributed by atoms with Gasteiger partial charge in [-0.05, 0) is 36.2 Å². The van der Waals surface area contributed by atoms with Crippen molar-refractivity contribution in [1.82, 2.24) is 0 Å². The quantitative estimate of drug-likeness (QED) is 0.568. The van der Waals surface area contributed by atoms with Crippen molar-refractivity contribution in [1.29, 1.82) is 0 Å². The minimum absolute atomic E-state index is 0.187. The lowest BCUT2D eigenvalue weighted by Crippen LogP contribution is -2.21. The molecule has 5 nitrogen and oxygen atoms in total. The summed E-state index contributed by atoms with van der Waals surface area (Å²) in [5, 5.41) is 4.11. The van der Waals surface area contributed by atoms with Crippen LogP contribution in [0.1, 0.15) is 5.56 Å². The largest absolute Gasteiger partial charge is 0.478 e. The number of benzene rings is 2. The molecule has 136 valence electrons. The van der Waals surface area contributed by atoms with Crippen molar-refractivity contribution in [3.63, 3.8) is 0 Å².